The van der Waals surface area contributed by atoms with Gasteiger partial charge >= 0.3 is 6.18 Å². The van der Waals surface area contributed by atoms with Crippen LogP contribution in [0.4, 0.5) is 18.2 Å². The van der Waals surface area contributed by atoms with Crippen molar-refractivity contribution >= 4 is 33.8 Å². The highest BCUT2D eigenvalue weighted by molar-refractivity contribution is 7.16. The summed E-state index contributed by atoms with van der Waals surface area (Å²) in [6.45, 7) is 1.72. The lowest BCUT2D eigenvalue weighted by atomic mass is 10.1. The van der Waals surface area contributed by atoms with Crippen molar-refractivity contribution in [1.82, 2.24) is 14.6 Å². The average molecular weight is 384 g/mol. The maximum atomic E-state index is 12.8. The molecule has 10 heteroatoms. The van der Waals surface area contributed by atoms with Gasteiger partial charge in [-0.3, -0.25) is 4.79 Å². The number of carbonyl (C=O) groups is 1. The summed E-state index contributed by atoms with van der Waals surface area (Å²) >= 11 is 2.29. The Morgan fingerprint density at radius 3 is 2.80 bits per heavy atom. The Bertz CT molecular complexity index is 891. The quantitative estimate of drug-likeness (QED) is 0.733. The fraction of sp³-hybridized carbons (Fsp3) is 0.200. The van der Waals surface area contributed by atoms with Gasteiger partial charge < -0.3 is 5.32 Å². The number of hydrogen-bond acceptors (Lipinski definition) is 6. The summed E-state index contributed by atoms with van der Waals surface area (Å²) in [6, 6.07) is 5.13. The fourth-order valence-electron chi connectivity index (χ4n) is 2.11. The van der Waals surface area contributed by atoms with Crippen LogP contribution in [0.25, 0.3) is 0 Å². The minimum Gasteiger partial charge on any atom is -0.311 e. The molecule has 130 valence electrons. The van der Waals surface area contributed by atoms with E-state index < -0.39 is 17.6 Å². The van der Waals surface area contributed by atoms with Crippen LogP contribution in [0, 0.1) is 6.92 Å². The maximum Gasteiger partial charge on any atom is 0.416 e. The standard InChI is InChI=1S/C15H11F3N4OS2/c1-8-14(20-13(23)11-7-24-22-21-11)25-12(19-8)6-9-3-2-4-10(5-9)15(16,17)18/h2-5,7H,6H2,1H3,(H,20,23). The lowest BCUT2D eigenvalue weighted by molar-refractivity contribution is -0.137. The molecule has 0 aliphatic rings. The van der Waals surface area contributed by atoms with E-state index in [1.54, 1.807) is 13.0 Å². The van der Waals surface area contributed by atoms with E-state index >= 15 is 0 Å². The van der Waals surface area contributed by atoms with E-state index in [2.05, 4.69) is 19.9 Å². The Labute approximate surface area is 148 Å². The molecule has 25 heavy (non-hydrogen) atoms. The number of hydrogen-bond donors (Lipinski definition) is 1. The van der Waals surface area contributed by atoms with E-state index in [-0.39, 0.29) is 12.1 Å². The van der Waals surface area contributed by atoms with Gasteiger partial charge in [-0.2, -0.15) is 13.2 Å². The molecule has 0 saturated heterocycles. The van der Waals surface area contributed by atoms with E-state index in [9.17, 15) is 18.0 Å². The third-order valence-corrected chi connectivity index (χ3v) is 4.85. The van der Waals surface area contributed by atoms with Crippen molar-refractivity contribution in [1.29, 1.82) is 0 Å². The summed E-state index contributed by atoms with van der Waals surface area (Å²) in [7, 11) is 0. The van der Waals surface area contributed by atoms with Crippen molar-refractivity contribution in [3.63, 3.8) is 0 Å². The van der Waals surface area contributed by atoms with Crippen LogP contribution in [-0.2, 0) is 12.6 Å². The SMILES string of the molecule is Cc1nc(Cc2cccc(C(F)(F)F)c2)sc1NC(=O)c1csnn1. The van der Waals surface area contributed by atoms with Crippen molar-refractivity contribution in [3.8, 4) is 0 Å². The summed E-state index contributed by atoms with van der Waals surface area (Å²) in [4.78, 5) is 16.3. The zero-order valence-corrected chi connectivity index (χ0v) is 14.4. The first-order valence-electron chi connectivity index (χ1n) is 7.04. The number of aryl methyl sites for hydroxylation is 1. The highest BCUT2D eigenvalue weighted by atomic mass is 32.1. The number of thiazole rings is 1. The molecule has 5 nitrogen and oxygen atoms in total. The second-order valence-corrected chi connectivity index (χ2v) is 6.83. The molecule has 0 fully saturated rings. The predicted octanol–water partition coefficient (Wildman–Crippen LogP) is 4.16. The molecule has 1 N–H and O–H groups in total. The molecule has 1 aromatic carbocycles. The van der Waals surface area contributed by atoms with Crippen LogP contribution in [0.15, 0.2) is 29.6 Å². The molecular formula is C15H11F3N4OS2. The van der Waals surface area contributed by atoms with Crippen LogP contribution in [0.1, 0.15) is 32.3 Å². The molecular weight excluding hydrogens is 373 g/mol. The molecule has 0 unspecified atom stereocenters. The predicted molar refractivity (Wildman–Crippen MR) is 89.0 cm³/mol. The van der Waals surface area contributed by atoms with Crippen molar-refractivity contribution in [3.05, 3.63) is 57.2 Å². The number of halogens is 3. The number of nitrogens with one attached hydrogen (secondary N) is 1. The van der Waals surface area contributed by atoms with Crippen molar-refractivity contribution in [2.45, 2.75) is 19.5 Å². The third kappa shape index (κ3) is 4.20. The normalized spacial score (nSPS) is 11.5. The first-order valence-corrected chi connectivity index (χ1v) is 8.69. The Kier molecular flexibility index (Phi) is 4.82. The number of amides is 1. The first kappa shape index (κ1) is 17.5. The summed E-state index contributed by atoms with van der Waals surface area (Å²) in [5, 5.41) is 9.06. The number of carbonyl (C=O) groups excluding carboxylic acids is 1. The molecule has 0 bridgehead atoms. The average Bonchev–Trinajstić information content (AvgIpc) is 3.17. The number of nitrogens with zero attached hydrogens (tertiary/aromatic N) is 3. The number of aromatic nitrogens is 3. The van der Waals surface area contributed by atoms with Crippen molar-refractivity contribution in [2.24, 2.45) is 0 Å². The van der Waals surface area contributed by atoms with Crippen LogP contribution in [-0.4, -0.2) is 20.5 Å². The van der Waals surface area contributed by atoms with Gasteiger partial charge in [-0.15, -0.1) is 16.4 Å². The van der Waals surface area contributed by atoms with E-state index in [0.29, 0.717) is 21.3 Å². The van der Waals surface area contributed by atoms with Gasteiger partial charge in [0.25, 0.3) is 5.91 Å². The molecule has 2 aromatic heterocycles. The van der Waals surface area contributed by atoms with Gasteiger partial charge in [-0.1, -0.05) is 22.7 Å². The highest BCUT2D eigenvalue weighted by Gasteiger charge is 2.30. The second kappa shape index (κ2) is 6.89. The Balaban J connectivity index is 1.76. The molecule has 1 amide bonds. The van der Waals surface area contributed by atoms with Crippen LogP contribution >= 0.6 is 22.9 Å². The minimum atomic E-state index is -4.38. The van der Waals surface area contributed by atoms with Crippen LogP contribution < -0.4 is 5.32 Å². The Morgan fingerprint density at radius 2 is 2.12 bits per heavy atom. The topological polar surface area (TPSA) is 67.8 Å². The number of benzene rings is 1. The molecule has 0 atom stereocenters. The second-order valence-electron chi connectivity index (χ2n) is 5.14. The number of rotatable bonds is 4. The van der Waals surface area contributed by atoms with E-state index in [0.717, 1.165) is 23.7 Å². The molecule has 0 aliphatic carbocycles. The van der Waals surface area contributed by atoms with Crippen LogP contribution in [0.2, 0.25) is 0 Å². The van der Waals surface area contributed by atoms with Crippen molar-refractivity contribution in [2.75, 3.05) is 5.32 Å². The zero-order valence-electron chi connectivity index (χ0n) is 12.8. The number of alkyl halides is 3. The van der Waals surface area contributed by atoms with E-state index in [4.69, 9.17) is 0 Å². The van der Waals surface area contributed by atoms with Gasteiger partial charge in [-0.25, -0.2) is 4.98 Å². The Morgan fingerprint density at radius 1 is 1.32 bits per heavy atom. The maximum absolute atomic E-state index is 12.8. The Hall–Kier alpha value is -2.33. The molecule has 2 heterocycles. The third-order valence-electron chi connectivity index (χ3n) is 3.27. The molecule has 3 rings (SSSR count). The van der Waals surface area contributed by atoms with Gasteiger partial charge in [-0.05, 0) is 30.1 Å². The zero-order chi connectivity index (χ0) is 18.0. The molecule has 0 aliphatic heterocycles. The summed E-state index contributed by atoms with van der Waals surface area (Å²) < 4.78 is 42.0. The smallest absolute Gasteiger partial charge is 0.311 e. The van der Waals surface area contributed by atoms with Gasteiger partial charge in [0.2, 0.25) is 0 Å². The van der Waals surface area contributed by atoms with Gasteiger partial charge in [0.15, 0.2) is 5.69 Å². The lowest BCUT2D eigenvalue weighted by Crippen LogP contribution is -2.12. The van der Waals surface area contributed by atoms with Crippen LogP contribution in [0.3, 0.4) is 0 Å². The minimum absolute atomic E-state index is 0.206. The van der Waals surface area contributed by atoms with Crippen LogP contribution in [0.5, 0.6) is 0 Å². The summed E-state index contributed by atoms with van der Waals surface area (Å²) in [5.41, 5.74) is 0.619. The molecule has 0 radical (unpaired) electrons. The fourth-order valence-corrected chi connectivity index (χ4v) is 3.54. The van der Waals surface area contributed by atoms with E-state index in [1.165, 1.54) is 22.8 Å². The highest BCUT2D eigenvalue weighted by Crippen LogP contribution is 2.31. The molecule has 0 spiro atoms. The van der Waals surface area contributed by atoms with Gasteiger partial charge in [0, 0.05) is 11.8 Å². The summed E-state index contributed by atoms with van der Waals surface area (Å²) in [5.74, 6) is -0.397. The summed E-state index contributed by atoms with van der Waals surface area (Å²) in [6.07, 6.45) is -4.13. The monoisotopic (exact) mass is 384 g/mol. The molecule has 0 saturated carbocycles. The van der Waals surface area contributed by atoms with Crippen molar-refractivity contribution < 1.29 is 18.0 Å². The molecule has 3 aromatic rings. The van der Waals surface area contributed by atoms with Gasteiger partial charge in [0.1, 0.15) is 5.00 Å². The largest absolute Gasteiger partial charge is 0.416 e. The van der Waals surface area contributed by atoms with Gasteiger partial charge in [0.05, 0.1) is 16.3 Å². The lowest BCUT2D eigenvalue weighted by Gasteiger charge is -2.07. The van der Waals surface area contributed by atoms with E-state index in [1.807, 2.05) is 0 Å². The first-order chi connectivity index (χ1) is 11.8. The number of anilines is 1.